The molecule has 1 aromatic heterocycles. The summed E-state index contributed by atoms with van der Waals surface area (Å²) in [5.74, 6) is -1.09. The number of carbonyl (C=O) groups is 3. The summed E-state index contributed by atoms with van der Waals surface area (Å²) in [6, 6.07) is 10.7. The lowest BCUT2D eigenvalue weighted by Gasteiger charge is -2.35. The Morgan fingerprint density at radius 2 is 1.67 bits per heavy atom. The van der Waals surface area contributed by atoms with Crippen LogP contribution in [-0.4, -0.2) is 65.1 Å². The van der Waals surface area contributed by atoms with Gasteiger partial charge < -0.3 is 4.90 Å². The highest BCUT2D eigenvalue weighted by Crippen LogP contribution is 2.38. The Kier molecular flexibility index (Phi) is 6.29. The van der Waals surface area contributed by atoms with Crippen molar-refractivity contribution >= 4 is 29.1 Å². The zero-order chi connectivity index (χ0) is 22.9. The Hall–Kier alpha value is -2.58. The summed E-state index contributed by atoms with van der Waals surface area (Å²) >= 11 is 1.66. The second kappa shape index (κ2) is 9.35. The molecule has 2 aromatic rings. The summed E-state index contributed by atoms with van der Waals surface area (Å²) in [6.45, 7) is 3.33. The molecule has 0 unspecified atom stereocenters. The molecule has 1 saturated carbocycles. The van der Waals surface area contributed by atoms with Gasteiger partial charge in [-0.1, -0.05) is 25.0 Å². The number of amides is 3. The Bertz CT molecular complexity index is 1040. The molecule has 0 bridgehead atoms. The second-order valence-electron chi connectivity index (χ2n) is 9.19. The average molecular weight is 470 g/mol. The van der Waals surface area contributed by atoms with Gasteiger partial charge in [-0.05, 0) is 42.7 Å². The summed E-state index contributed by atoms with van der Waals surface area (Å²) < 4.78 is 13.5. The fourth-order valence-electron chi connectivity index (χ4n) is 5.26. The lowest BCUT2D eigenvalue weighted by atomic mass is 9.81. The number of hydrogen-bond donors (Lipinski definition) is 0. The molecule has 5 rings (SSSR count). The highest BCUT2D eigenvalue weighted by atomic mass is 32.1. The van der Waals surface area contributed by atoms with Crippen LogP contribution in [0.5, 0.6) is 0 Å². The van der Waals surface area contributed by atoms with E-state index in [9.17, 15) is 18.8 Å². The van der Waals surface area contributed by atoms with Crippen molar-refractivity contribution in [2.45, 2.75) is 32.2 Å². The van der Waals surface area contributed by atoms with Gasteiger partial charge in [-0.3, -0.25) is 24.2 Å². The van der Waals surface area contributed by atoms with Gasteiger partial charge in [-0.15, -0.1) is 11.3 Å². The number of piperazine rings is 1. The van der Waals surface area contributed by atoms with E-state index < -0.39 is 0 Å². The molecule has 3 fully saturated rings. The molecule has 0 N–H and O–H groups in total. The van der Waals surface area contributed by atoms with Crippen LogP contribution in [0.4, 0.5) is 4.39 Å². The van der Waals surface area contributed by atoms with Crippen molar-refractivity contribution in [3.63, 3.8) is 0 Å². The smallest absolute Gasteiger partial charge is 0.242 e. The molecule has 6 nitrogen and oxygen atoms in total. The molecular weight excluding hydrogens is 441 g/mol. The largest absolute Gasteiger partial charge is 0.339 e. The fourth-order valence-corrected chi connectivity index (χ4v) is 6.30. The number of benzene rings is 1. The predicted octanol–water partition coefficient (Wildman–Crippen LogP) is 3.37. The van der Waals surface area contributed by atoms with E-state index in [0.29, 0.717) is 13.1 Å². The number of rotatable bonds is 5. The first-order valence-electron chi connectivity index (χ1n) is 11.7. The molecule has 2 saturated heterocycles. The van der Waals surface area contributed by atoms with E-state index in [1.54, 1.807) is 28.4 Å². The van der Waals surface area contributed by atoms with Crippen LogP contribution < -0.4 is 0 Å². The van der Waals surface area contributed by atoms with Crippen molar-refractivity contribution in [1.82, 2.24) is 14.7 Å². The van der Waals surface area contributed by atoms with Gasteiger partial charge in [0, 0.05) is 42.5 Å². The van der Waals surface area contributed by atoms with E-state index in [2.05, 4.69) is 11.0 Å². The summed E-state index contributed by atoms with van der Waals surface area (Å²) in [6.07, 6.45) is 3.50. The molecule has 3 aliphatic rings. The first-order chi connectivity index (χ1) is 16.0. The quantitative estimate of drug-likeness (QED) is 0.630. The predicted molar refractivity (Wildman–Crippen MR) is 124 cm³/mol. The summed E-state index contributed by atoms with van der Waals surface area (Å²) in [7, 11) is 0. The highest BCUT2D eigenvalue weighted by molar-refractivity contribution is 7.15. The number of hydrogen-bond acceptors (Lipinski definition) is 5. The Morgan fingerprint density at radius 1 is 0.970 bits per heavy atom. The minimum Gasteiger partial charge on any atom is -0.339 e. The molecular formula is C25H28FN3O3S. The van der Waals surface area contributed by atoms with Gasteiger partial charge in [-0.2, -0.15) is 0 Å². The van der Waals surface area contributed by atoms with E-state index in [4.69, 9.17) is 0 Å². The third-order valence-electron chi connectivity index (χ3n) is 7.10. The molecule has 3 amide bonds. The lowest BCUT2D eigenvalue weighted by Crippen LogP contribution is -2.51. The van der Waals surface area contributed by atoms with Gasteiger partial charge in [0.05, 0.1) is 11.8 Å². The highest BCUT2D eigenvalue weighted by Gasteiger charge is 2.48. The van der Waals surface area contributed by atoms with Crippen LogP contribution in [0.1, 0.15) is 30.6 Å². The van der Waals surface area contributed by atoms with Gasteiger partial charge in [0.15, 0.2) is 0 Å². The zero-order valence-electron chi connectivity index (χ0n) is 18.5. The van der Waals surface area contributed by atoms with E-state index in [-0.39, 0.29) is 41.9 Å². The Labute approximate surface area is 197 Å². The van der Waals surface area contributed by atoms with Gasteiger partial charge in [0.25, 0.3) is 0 Å². The number of imide groups is 1. The van der Waals surface area contributed by atoms with Crippen molar-refractivity contribution in [3.8, 4) is 10.4 Å². The zero-order valence-corrected chi connectivity index (χ0v) is 19.4. The maximum absolute atomic E-state index is 13.5. The maximum atomic E-state index is 13.5. The minimum absolute atomic E-state index is 0.118. The van der Waals surface area contributed by atoms with Crippen LogP contribution in [0.2, 0.25) is 0 Å². The lowest BCUT2D eigenvalue weighted by molar-refractivity contribution is -0.147. The monoisotopic (exact) mass is 469 g/mol. The van der Waals surface area contributed by atoms with Crippen molar-refractivity contribution in [2.24, 2.45) is 11.8 Å². The normalized spacial score (nSPS) is 23.8. The van der Waals surface area contributed by atoms with E-state index >= 15 is 0 Å². The summed E-state index contributed by atoms with van der Waals surface area (Å²) in [5.41, 5.74) is 0.882. The van der Waals surface area contributed by atoms with Crippen molar-refractivity contribution in [1.29, 1.82) is 0 Å². The number of halogens is 1. The van der Waals surface area contributed by atoms with Crippen LogP contribution in [0, 0.1) is 17.7 Å². The van der Waals surface area contributed by atoms with Crippen LogP contribution in [0.25, 0.3) is 10.4 Å². The SMILES string of the molecule is O=C(CN1C(=O)[C@H]2CCCC[C@@H]2C1=O)N1CCN(Cc2ccc(-c3cccc(F)c3)s2)CC1. The van der Waals surface area contributed by atoms with Crippen LogP contribution in [0.3, 0.4) is 0 Å². The number of likely N-dealkylation sites (tertiary alicyclic amines) is 1. The summed E-state index contributed by atoms with van der Waals surface area (Å²) in [4.78, 5) is 45.7. The maximum Gasteiger partial charge on any atom is 0.242 e. The summed E-state index contributed by atoms with van der Waals surface area (Å²) in [5, 5.41) is 0. The third kappa shape index (κ3) is 4.59. The van der Waals surface area contributed by atoms with Gasteiger partial charge in [0.1, 0.15) is 12.4 Å². The average Bonchev–Trinajstić information content (AvgIpc) is 3.39. The van der Waals surface area contributed by atoms with Crippen LogP contribution in [-0.2, 0) is 20.9 Å². The molecule has 0 spiro atoms. The molecule has 2 atom stereocenters. The topological polar surface area (TPSA) is 60.9 Å². The van der Waals surface area contributed by atoms with Gasteiger partial charge in [-0.25, -0.2) is 4.39 Å². The van der Waals surface area contributed by atoms with Crippen LogP contribution in [0.15, 0.2) is 36.4 Å². The molecule has 8 heteroatoms. The number of fused-ring (bicyclic) bond motifs is 1. The van der Waals surface area contributed by atoms with Gasteiger partial charge >= 0.3 is 0 Å². The van der Waals surface area contributed by atoms with E-state index in [0.717, 1.165) is 55.8 Å². The van der Waals surface area contributed by atoms with Crippen molar-refractivity contribution < 1.29 is 18.8 Å². The van der Waals surface area contributed by atoms with E-state index in [1.807, 2.05) is 12.1 Å². The van der Waals surface area contributed by atoms with Crippen LogP contribution >= 0.6 is 11.3 Å². The number of carbonyl (C=O) groups excluding carboxylic acids is 3. The van der Waals surface area contributed by atoms with E-state index in [1.165, 1.54) is 15.8 Å². The molecule has 0 radical (unpaired) electrons. The van der Waals surface area contributed by atoms with Crippen molar-refractivity contribution in [3.05, 3.63) is 47.1 Å². The van der Waals surface area contributed by atoms with Gasteiger partial charge in [0.2, 0.25) is 17.7 Å². The molecule has 2 aliphatic heterocycles. The first kappa shape index (κ1) is 22.2. The first-order valence-corrected chi connectivity index (χ1v) is 12.5. The second-order valence-corrected chi connectivity index (χ2v) is 10.4. The Balaban J connectivity index is 1.13. The molecule has 174 valence electrons. The molecule has 1 aromatic carbocycles. The standard InChI is InChI=1S/C25H28FN3O3S/c26-18-5-3-4-17(14-18)22-9-8-19(33-22)15-27-10-12-28(13-11-27)23(30)16-29-24(31)20-6-1-2-7-21(20)25(29)32/h3-5,8-9,14,20-21H,1-2,6-7,10-13,15-16H2/t20-,21-/m0/s1. The molecule has 3 heterocycles. The number of thiophene rings is 1. The Morgan fingerprint density at radius 3 is 2.33 bits per heavy atom. The number of nitrogens with zero attached hydrogens (tertiary/aromatic N) is 3. The minimum atomic E-state index is -0.237. The third-order valence-corrected chi connectivity index (χ3v) is 8.22. The molecule has 1 aliphatic carbocycles. The molecule has 33 heavy (non-hydrogen) atoms. The fraction of sp³-hybridized carbons (Fsp3) is 0.480. The van der Waals surface area contributed by atoms with Crippen molar-refractivity contribution in [2.75, 3.05) is 32.7 Å².